The Labute approximate surface area is 168 Å². The van der Waals surface area contributed by atoms with Crippen LogP contribution >= 0.6 is 22.9 Å². The summed E-state index contributed by atoms with van der Waals surface area (Å²) in [7, 11) is -2.20. The second kappa shape index (κ2) is 8.39. The minimum atomic E-state index is -3.66. The van der Waals surface area contributed by atoms with E-state index in [9.17, 15) is 8.42 Å². The van der Waals surface area contributed by atoms with Crippen molar-refractivity contribution in [1.29, 1.82) is 0 Å². The van der Waals surface area contributed by atoms with E-state index in [1.807, 2.05) is 42.6 Å². The number of nitrogens with one attached hydrogen (secondary N) is 1. The molecule has 1 aromatic heterocycles. The second-order valence-electron chi connectivity index (χ2n) is 5.95. The topological polar surface area (TPSA) is 68.3 Å². The minimum Gasteiger partial charge on any atom is -0.495 e. The third kappa shape index (κ3) is 4.87. The van der Waals surface area contributed by atoms with Gasteiger partial charge in [0, 0.05) is 28.9 Å². The number of nitrogens with zero attached hydrogens (tertiary/aromatic N) is 1. The Kier molecular flexibility index (Phi) is 6.16. The average molecular weight is 423 g/mol. The van der Waals surface area contributed by atoms with Gasteiger partial charge in [0.05, 0.1) is 12.8 Å². The summed E-state index contributed by atoms with van der Waals surface area (Å²) in [6, 6.07) is 12.5. The summed E-state index contributed by atoms with van der Waals surface area (Å²) in [6.07, 6.45) is 0.497. The highest BCUT2D eigenvalue weighted by molar-refractivity contribution is 7.89. The molecule has 3 rings (SSSR count). The van der Waals surface area contributed by atoms with Gasteiger partial charge < -0.3 is 4.74 Å². The van der Waals surface area contributed by atoms with Gasteiger partial charge in [-0.1, -0.05) is 29.8 Å². The van der Waals surface area contributed by atoms with Crippen LogP contribution in [0.1, 0.15) is 11.3 Å². The Bertz CT molecular complexity index is 1030. The molecule has 1 heterocycles. The van der Waals surface area contributed by atoms with Crippen LogP contribution in [0.2, 0.25) is 5.02 Å². The number of sulfonamides is 1. The van der Waals surface area contributed by atoms with Gasteiger partial charge in [-0.2, -0.15) is 0 Å². The van der Waals surface area contributed by atoms with Crippen molar-refractivity contribution in [2.24, 2.45) is 0 Å². The molecule has 2 aromatic carbocycles. The van der Waals surface area contributed by atoms with Gasteiger partial charge in [-0.15, -0.1) is 11.3 Å². The molecule has 0 saturated carbocycles. The summed E-state index contributed by atoms with van der Waals surface area (Å²) in [5, 5.41) is 3.49. The SMILES string of the molecule is COc1ccc(C)cc1S(=O)(=O)NCCc1csc(-c2ccc(Cl)cc2)n1. The van der Waals surface area contributed by atoms with Crippen molar-refractivity contribution in [2.45, 2.75) is 18.2 Å². The van der Waals surface area contributed by atoms with Crippen molar-refractivity contribution in [3.05, 3.63) is 64.1 Å². The van der Waals surface area contributed by atoms with Gasteiger partial charge in [-0.25, -0.2) is 18.1 Å². The summed E-state index contributed by atoms with van der Waals surface area (Å²) in [6.45, 7) is 2.09. The Hall–Kier alpha value is -1.93. The first-order valence-electron chi connectivity index (χ1n) is 8.24. The number of ether oxygens (including phenoxy) is 1. The summed E-state index contributed by atoms with van der Waals surface area (Å²) in [5.74, 6) is 0.326. The third-order valence-electron chi connectivity index (χ3n) is 3.92. The van der Waals surface area contributed by atoms with Crippen molar-refractivity contribution in [1.82, 2.24) is 9.71 Å². The zero-order chi connectivity index (χ0) is 19.4. The maximum absolute atomic E-state index is 12.6. The number of aromatic nitrogens is 1. The average Bonchev–Trinajstić information content (AvgIpc) is 3.11. The van der Waals surface area contributed by atoms with Crippen molar-refractivity contribution in [2.75, 3.05) is 13.7 Å². The van der Waals surface area contributed by atoms with E-state index in [2.05, 4.69) is 9.71 Å². The number of aryl methyl sites for hydroxylation is 1. The monoisotopic (exact) mass is 422 g/mol. The van der Waals surface area contributed by atoms with Crippen LogP contribution in [0.4, 0.5) is 0 Å². The molecule has 0 fully saturated rings. The lowest BCUT2D eigenvalue weighted by Crippen LogP contribution is -2.26. The smallest absolute Gasteiger partial charge is 0.244 e. The Morgan fingerprint density at radius 1 is 1.19 bits per heavy atom. The number of hydrogen-bond donors (Lipinski definition) is 1. The molecule has 0 spiro atoms. The number of benzene rings is 2. The van der Waals surface area contributed by atoms with Crippen molar-refractivity contribution >= 4 is 33.0 Å². The zero-order valence-corrected chi connectivity index (χ0v) is 17.3. The first-order chi connectivity index (χ1) is 12.9. The van der Waals surface area contributed by atoms with Gasteiger partial charge in [0.1, 0.15) is 15.7 Å². The van der Waals surface area contributed by atoms with E-state index in [-0.39, 0.29) is 11.4 Å². The highest BCUT2D eigenvalue weighted by Crippen LogP contribution is 2.26. The van der Waals surface area contributed by atoms with Gasteiger partial charge in [0.25, 0.3) is 0 Å². The summed E-state index contributed by atoms with van der Waals surface area (Å²) in [4.78, 5) is 4.71. The van der Waals surface area contributed by atoms with Crippen LogP contribution < -0.4 is 9.46 Å². The maximum atomic E-state index is 12.6. The number of thiazole rings is 1. The fourth-order valence-corrected chi connectivity index (χ4v) is 4.80. The molecular formula is C19H19ClN2O3S2. The molecule has 142 valence electrons. The standard InChI is InChI=1S/C19H19ClN2O3S2/c1-13-3-8-17(25-2)18(11-13)27(23,24)21-10-9-16-12-26-19(22-16)14-4-6-15(20)7-5-14/h3-8,11-12,21H,9-10H2,1-2H3. The molecule has 0 aliphatic rings. The number of halogens is 1. The molecule has 0 aliphatic heterocycles. The number of rotatable bonds is 7. The second-order valence-corrected chi connectivity index (χ2v) is 8.98. The quantitative estimate of drug-likeness (QED) is 0.616. The first-order valence-corrected chi connectivity index (χ1v) is 11.0. The molecular weight excluding hydrogens is 404 g/mol. The van der Waals surface area contributed by atoms with E-state index < -0.39 is 10.0 Å². The molecule has 0 amide bonds. The molecule has 0 saturated heterocycles. The molecule has 0 atom stereocenters. The molecule has 1 N–H and O–H groups in total. The maximum Gasteiger partial charge on any atom is 0.244 e. The fourth-order valence-electron chi connectivity index (χ4n) is 2.53. The van der Waals surface area contributed by atoms with E-state index in [4.69, 9.17) is 16.3 Å². The first kappa shape index (κ1) is 19.8. The predicted octanol–water partition coefficient (Wildman–Crippen LogP) is 4.30. The molecule has 5 nitrogen and oxygen atoms in total. The highest BCUT2D eigenvalue weighted by Gasteiger charge is 2.19. The van der Waals surface area contributed by atoms with Gasteiger partial charge in [-0.3, -0.25) is 0 Å². The van der Waals surface area contributed by atoms with Crippen LogP contribution in [0.15, 0.2) is 52.7 Å². The normalized spacial score (nSPS) is 11.5. The number of methoxy groups -OCH3 is 1. The third-order valence-corrected chi connectivity index (χ3v) is 6.60. The van der Waals surface area contributed by atoms with Crippen LogP contribution in [0.5, 0.6) is 5.75 Å². The summed E-state index contributed by atoms with van der Waals surface area (Å²) in [5.41, 5.74) is 2.67. The number of hydrogen-bond acceptors (Lipinski definition) is 5. The Balaban J connectivity index is 1.66. The van der Waals surface area contributed by atoms with Gasteiger partial charge in [0.2, 0.25) is 10.0 Å². The molecule has 0 aliphatic carbocycles. The molecule has 27 heavy (non-hydrogen) atoms. The van der Waals surface area contributed by atoms with Crippen molar-refractivity contribution in [3.63, 3.8) is 0 Å². The lowest BCUT2D eigenvalue weighted by atomic mass is 10.2. The largest absolute Gasteiger partial charge is 0.495 e. The molecule has 8 heteroatoms. The van der Waals surface area contributed by atoms with Crippen LogP contribution in [-0.4, -0.2) is 27.1 Å². The van der Waals surface area contributed by atoms with E-state index in [0.29, 0.717) is 17.2 Å². The highest BCUT2D eigenvalue weighted by atomic mass is 35.5. The lowest BCUT2D eigenvalue weighted by molar-refractivity contribution is 0.402. The summed E-state index contributed by atoms with van der Waals surface area (Å²) >= 11 is 7.43. The van der Waals surface area contributed by atoms with Gasteiger partial charge in [-0.05, 0) is 36.8 Å². The zero-order valence-electron chi connectivity index (χ0n) is 14.9. The Morgan fingerprint density at radius 2 is 1.93 bits per heavy atom. The van der Waals surface area contributed by atoms with E-state index >= 15 is 0 Å². The predicted molar refractivity (Wildman–Crippen MR) is 109 cm³/mol. The van der Waals surface area contributed by atoms with Crippen LogP contribution in [-0.2, 0) is 16.4 Å². The summed E-state index contributed by atoms with van der Waals surface area (Å²) < 4.78 is 33.0. The van der Waals surface area contributed by atoms with E-state index in [1.54, 1.807) is 12.1 Å². The van der Waals surface area contributed by atoms with Crippen molar-refractivity contribution < 1.29 is 13.2 Å². The van der Waals surface area contributed by atoms with Crippen LogP contribution in [0.25, 0.3) is 10.6 Å². The van der Waals surface area contributed by atoms with Gasteiger partial charge >= 0.3 is 0 Å². The van der Waals surface area contributed by atoms with Crippen molar-refractivity contribution in [3.8, 4) is 16.3 Å². The molecule has 0 bridgehead atoms. The fraction of sp³-hybridized carbons (Fsp3) is 0.211. The molecule has 0 unspecified atom stereocenters. The van der Waals surface area contributed by atoms with Gasteiger partial charge in [0.15, 0.2) is 0 Å². The van der Waals surface area contributed by atoms with E-state index in [0.717, 1.165) is 21.8 Å². The lowest BCUT2D eigenvalue weighted by Gasteiger charge is -2.11. The van der Waals surface area contributed by atoms with Crippen LogP contribution in [0, 0.1) is 6.92 Å². The van der Waals surface area contributed by atoms with Crippen LogP contribution in [0.3, 0.4) is 0 Å². The molecule has 3 aromatic rings. The van der Waals surface area contributed by atoms with E-state index in [1.165, 1.54) is 18.4 Å². The minimum absolute atomic E-state index is 0.144. The Morgan fingerprint density at radius 3 is 2.63 bits per heavy atom. The molecule has 0 radical (unpaired) electrons.